The Kier molecular flexibility index (Phi) is 4.68. The first-order valence-electron chi connectivity index (χ1n) is 10.9. The molecule has 7 heteroatoms. The van der Waals surface area contributed by atoms with Crippen LogP contribution in [-0.4, -0.2) is 30.4 Å². The molecule has 6 rings (SSSR count). The van der Waals surface area contributed by atoms with Gasteiger partial charge in [-0.05, 0) is 54.8 Å². The van der Waals surface area contributed by atoms with E-state index in [-0.39, 0.29) is 0 Å². The monoisotopic (exact) mass is 428 g/mol. The zero-order valence-corrected chi connectivity index (χ0v) is 18.1. The van der Waals surface area contributed by atoms with Crippen molar-refractivity contribution in [1.29, 1.82) is 0 Å². The van der Waals surface area contributed by atoms with Crippen LogP contribution >= 0.6 is 11.3 Å². The largest absolute Gasteiger partial charge is 0.359 e. The number of fused-ring (bicyclic) bond motifs is 2. The molecule has 0 bridgehead atoms. The van der Waals surface area contributed by atoms with Crippen molar-refractivity contribution in [3.63, 3.8) is 0 Å². The second-order valence-corrected chi connectivity index (χ2v) is 9.33. The molecule has 1 N–H and O–H groups in total. The number of benzene rings is 2. The molecule has 31 heavy (non-hydrogen) atoms. The van der Waals surface area contributed by atoms with E-state index in [4.69, 9.17) is 4.98 Å². The summed E-state index contributed by atoms with van der Waals surface area (Å²) in [5.74, 6) is 0. The molecule has 6 nitrogen and oxygen atoms in total. The Balaban J connectivity index is 1.24. The highest BCUT2D eigenvalue weighted by atomic mass is 32.1. The van der Waals surface area contributed by atoms with E-state index in [9.17, 15) is 0 Å². The van der Waals surface area contributed by atoms with Gasteiger partial charge in [0.05, 0.1) is 33.3 Å². The van der Waals surface area contributed by atoms with Crippen molar-refractivity contribution in [2.75, 3.05) is 5.32 Å². The first-order chi connectivity index (χ1) is 15.3. The summed E-state index contributed by atoms with van der Waals surface area (Å²) in [5, 5.41) is 9.02. The molecule has 0 radical (unpaired) electrons. The molecule has 2 aromatic carbocycles. The zero-order valence-electron chi connectivity index (χ0n) is 17.2. The van der Waals surface area contributed by atoms with Crippen LogP contribution in [0.25, 0.3) is 26.9 Å². The van der Waals surface area contributed by atoms with E-state index in [0.29, 0.717) is 6.04 Å². The summed E-state index contributed by atoms with van der Waals surface area (Å²) >= 11 is 1.76. The molecule has 0 spiro atoms. The fourth-order valence-electron chi connectivity index (χ4n) is 4.49. The molecule has 1 aliphatic carbocycles. The maximum absolute atomic E-state index is 4.81. The van der Waals surface area contributed by atoms with Crippen molar-refractivity contribution in [3.8, 4) is 5.69 Å². The third kappa shape index (κ3) is 3.70. The summed E-state index contributed by atoms with van der Waals surface area (Å²) in [4.78, 5) is 9.43. The van der Waals surface area contributed by atoms with Crippen LogP contribution in [0, 0.1) is 0 Å². The van der Waals surface area contributed by atoms with E-state index in [0.717, 1.165) is 33.9 Å². The smallest absolute Gasteiger partial charge is 0.184 e. The second kappa shape index (κ2) is 7.81. The molecule has 5 aromatic rings. The van der Waals surface area contributed by atoms with Gasteiger partial charge in [-0.15, -0.1) is 0 Å². The Bertz CT molecular complexity index is 1330. The summed E-state index contributed by atoms with van der Waals surface area (Å²) < 4.78 is 5.29. The number of hydrogen-bond donors (Lipinski definition) is 1. The predicted octanol–water partition coefficient (Wildman–Crippen LogP) is 5.62. The quantitative estimate of drug-likeness (QED) is 0.394. The van der Waals surface area contributed by atoms with Crippen molar-refractivity contribution in [2.45, 2.75) is 44.7 Å². The minimum absolute atomic E-state index is 0.581. The second-order valence-electron chi connectivity index (χ2n) is 8.30. The number of imidazole rings is 1. The predicted molar refractivity (Wildman–Crippen MR) is 126 cm³/mol. The molecule has 3 heterocycles. The molecule has 3 aromatic heterocycles. The number of nitrogens with one attached hydrogen (secondary N) is 1. The average molecular weight is 429 g/mol. The Hall–Kier alpha value is -3.19. The Morgan fingerprint density at radius 2 is 1.97 bits per heavy atom. The van der Waals surface area contributed by atoms with Gasteiger partial charge in [0.25, 0.3) is 0 Å². The molecule has 1 fully saturated rings. The van der Waals surface area contributed by atoms with Crippen molar-refractivity contribution < 1.29 is 0 Å². The van der Waals surface area contributed by atoms with Crippen molar-refractivity contribution in [2.24, 2.45) is 0 Å². The number of aromatic nitrogens is 5. The van der Waals surface area contributed by atoms with Gasteiger partial charge in [0.15, 0.2) is 5.13 Å². The van der Waals surface area contributed by atoms with Gasteiger partial charge in [-0.25, -0.2) is 14.6 Å². The van der Waals surface area contributed by atoms with E-state index >= 15 is 0 Å². The molecule has 0 amide bonds. The molecule has 0 atom stereocenters. The van der Waals surface area contributed by atoms with Crippen molar-refractivity contribution >= 4 is 37.7 Å². The van der Waals surface area contributed by atoms with E-state index in [1.807, 2.05) is 23.3 Å². The van der Waals surface area contributed by atoms with E-state index < -0.39 is 0 Å². The molecule has 156 valence electrons. The zero-order chi connectivity index (χ0) is 20.6. The Morgan fingerprint density at radius 3 is 2.84 bits per heavy atom. The minimum Gasteiger partial charge on any atom is -0.359 e. The maximum atomic E-state index is 4.81. The van der Waals surface area contributed by atoms with Crippen LogP contribution in [0.4, 0.5) is 5.13 Å². The van der Waals surface area contributed by atoms with E-state index in [1.54, 1.807) is 17.5 Å². The number of thiazole rings is 1. The van der Waals surface area contributed by atoms with Crippen molar-refractivity contribution in [3.05, 3.63) is 66.7 Å². The van der Waals surface area contributed by atoms with Crippen LogP contribution in [0.1, 0.15) is 37.7 Å². The van der Waals surface area contributed by atoms with Crippen LogP contribution in [0.5, 0.6) is 0 Å². The van der Waals surface area contributed by atoms with Gasteiger partial charge in [0.1, 0.15) is 0 Å². The molecular formula is C24H24N6S. The molecule has 1 saturated carbocycles. The fraction of sp³-hybridized carbons (Fsp3) is 0.292. The minimum atomic E-state index is 0.581. The lowest BCUT2D eigenvalue weighted by Crippen LogP contribution is -2.21. The Morgan fingerprint density at radius 1 is 1.03 bits per heavy atom. The first-order valence-corrected chi connectivity index (χ1v) is 11.7. The van der Waals surface area contributed by atoms with Crippen LogP contribution in [0.3, 0.4) is 0 Å². The molecular weight excluding hydrogens is 404 g/mol. The van der Waals surface area contributed by atoms with Gasteiger partial charge >= 0.3 is 0 Å². The van der Waals surface area contributed by atoms with Crippen LogP contribution in [0.15, 0.2) is 61.2 Å². The highest BCUT2D eigenvalue weighted by molar-refractivity contribution is 7.22. The summed E-state index contributed by atoms with van der Waals surface area (Å²) in [6, 6.07) is 15.4. The first kappa shape index (κ1) is 18.6. The standard InChI is InChI=1S/C24H24N6S/c1-2-5-18(6-3-1)27-24-28-20-9-7-17(13-23(20)31-24)15-29-16-25-21-14-19(8-10-22(21)29)30-12-4-11-26-30/h4,7-14,16,18H,1-3,5-6,15H2,(H,27,28). The van der Waals surface area contributed by atoms with Gasteiger partial charge in [-0.2, -0.15) is 5.10 Å². The summed E-state index contributed by atoms with van der Waals surface area (Å²) in [5.41, 5.74) is 5.46. The average Bonchev–Trinajstić information content (AvgIpc) is 3.54. The normalized spacial score (nSPS) is 15.1. The third-order valence-electron chi connectivity index (χ3n) is 6.11. The topological polar surface area (TPSA) is 60.6 Å². The number of rotatable bonds is 5. The lowest BCUT2D eigenvalue weighted by atomic mass is 9.96. The summed E-state index contributed by atoms with van der Waals surface area (Å²) in [6.45, 7) is 0.789. The van der Waals surface area contributed by atoms with E-state index in [2.05, 4.69) is 56.4 Å². The van der Waals surface area contributed by atoms with Crippen molar-refractivity contribution in [1.82, 2.24) is 24.3 Å². The van der Waals surface area contributed by atoms with E-state index in [1.165, 1.54) is 42.4 Å². The fourth-order valence-corrected chi connectivity index (χ4v) is 5.50. The number of nitrogens with zero attached hydrogens (tertiary/aromatic N) is 5. The molecule has 0 saturated heterocycles. The van der Waals surface area contributed by atoms with Gasteiger partial charge in [0, 0.05) is 25.0 Å². The lowest BCUT2D eigenvalue weighted by molar-refractivity contribution is 0.462. The summed E-state index contributed by atoms with van der Waals surface area (Å²) in [6.07, 6.45) is 12.2. The van der Waals surface area contributed by atoms with Crippen LogP contribution in [0.2, 0.25) is 0 Å². The number of hydrogen-bond acceptors (Lipinski definition) is 5. The van der Waals surface area contributed by atoms with Gasteiger partial charge in [-0.3, -0.25) is 0 Å². The van der Waals surface area contributed by atoms with Gasteiger partial charge in [0.2, 0.25) is 0 Å². The highest BCUT2D eigenvalue weighted by Crippen LogP contribution is 2.30. The maximum Gasteiger partial charge on any atom is 0.184 e. The Labute approximate surface area is 184 Å². The highest BCUT2D eigenvalue weighted by Gasteiger charge is 2.15. The third-order valence-corrected chi connectivity index (χ3v) is 7.06. The van der Waals surface area contributed by atoms with Gasteiger partial charge in [-0.1, -0.05) is 36.7 Å². The van der Waals surface area contributed by atoms with Crippen LogP contribution < -0.4 is 5.32 Å². The number of anilines is 1. The SMILES string of the molecule is c1cnn(-c2ccc3c(c2)ncn3Cc2ccc3nc(NC4CCCCC4)sc3c2)c1. The molecule has 0 aliphatic heterocycles. The van der Waals surface area contributed by atoms with Gasteiger partial charge < -0.3 is 9.88 Å². The van der Waals surface area contributed by atoms with Crippen LogP contribution in [-0.2, 0) is 6.54 Å². The lowest BCUT2D eigenvalue weighted by Gasteiger charge is -2.22. The molecule has 0 unspecified atom stereocenters. The summed E-state index contributed by atoms with van der Waals surface area (Å²) in [7, 11) is 0. The molecule has 1 aliphatic rings.